The molecule has 0 aromatic heterocycles. The topological polar surface area (TPSA) is 54.9 Å². The maximum atomic E-state index is 6.06. The number of hydrogen-bond acceptors (Lipinski definition) is 4. The van der Waals surface area contributed by atoms with Crippen molar-refractivity contribution in [3.63, 3.8) is 0 Å². The maximum absolute atomic E-state index is 6.06. The highest BCUT2D eigenvalue weighted by Crippen LogP contribution is 2.29. The van der Waals surface area contributed by atoms with E-state index in [2.05, 4.69) is 47.9 Å². The van der Waals surface area contributed by atoms with Gasteiger partial charge >= 0.3 is 0 Å². The summed E-state index contributed by atoms with van der Waals surface area (Å²) in [4.78, 5) is 0. The largest absolute Gasteiger partial charge is 0.490 e. The number of thiocarbonyl (C=S) groups is 1. The van der Waals surface area contributed by atoms with Crippen LogP contribution in [0.1, 0.15) is 29.2 Å². The molecule has 0 aliphatic heterocycles. The highest BCUT2D eigenvalue weighted by atomic mass is 32.1. The van der Waals surface area contributed by atoms with E-state index in [4.69, 9.17) is 21.7 Å². The predicted octanol–water partition coefficient (Wildman–Crippen LogP) is 5.60. The highest BCUT2D eigenvalue weighted by molar-refractivity contribution is 7.80. The van der Waals surface area contributed by atoms with Gasteiger partial charge in [0.15, 0.2) is 16.6 Å². The molecular formula is C25H27N3O2S. The zero-order valence-corrected chi connectivity index (χ0v) is 18.8. The van der Waals surface area contributed by atoms with Crippen LogP contribution in [-0.4, -0.2) is 17.9 Å². The number of hydrazone groups is 1. The summed E-state index contributed by atoms with van der Waals surface area (Å²) in [6, 6.07) is 21.8. The number of rotatable bonds is 8. The monoisotopic (exact) mass is 433 g/mol. The van der Waals surface area contributed by atoms with E-state index >= 15 is 0 Å². The van der Waals surface area contributed by atoms with Crippen LogP contribution in [-0.2, 0) is 6.61 Å². The van der Waals surface area contributed by atoms with E-state index in [-0.39, 0.29) is 0 Å². The fraction of sp³-hybridized carbons (Fsp3) is 0.200. The average molecular weight is 434 g/mol. The molecule has 0 amide bonds. The third-order valence-electron chi connectivity index (χ3n) is 4.57. The summed E-state index contributed by atoms with van der Waals surface area (Å²) in [7, 11) is 0. The van der Waals surface area contributed by atoms with Crippen molar-refractivity contribution < 1.29 is 9.47 Å². The summed E-state index contributed by atoms with van der Waals surface area (Å²) in [5, 5.41) is 7.70. The number of nitrogens with one attached hydrogen (secondary N) is 2. The van der Waals surface area contributed by atoms with Gasteiger partial charge in [-0.15, -0.1) is 0 Å². The first-order valence-corrected chi connectivity index (χ1v) is 10.6. The van der Waals surface area contributed by atoms with Crippen LogP contribution in [0.4, 0.5) is 5.69 Å². The zero-order valence-electron chi connectivity index (χ0n) is 18.0. The first kappa shape index (κ1) is 22.3. The van der Waals surface area contributed by atoms with Crippen LogP contribution < -0.4 is 20.2 Å². The minimum Gasteiger partial charge on any atom is -0.490 e. The summed E-state index contributed by atoms with van der Waals surface area (Å²) >= 11 is 5.26. The molecule has 0 spiro atoms. The summed E-state index contributed by atoms with van der Waals surface area (Å²) in [6.45, 7) is 7.15. The normalized spacial score (nSPS) is 10.7. The highest BCUT2D eigenvalue weighted by Gasteiger charge is 2.08. The third kappa shape index (κ3) is 6.83. The Kier molecular flexibility index (Phi) is 8.01. The lowest BCUT2D eigenvalue weighted by Gasteiger charge is -2.14. The molecule has 0 bridgehead atoms. The van der Waals surface area contributed by atoms with E-state index in [1.807, 2.05) is 55.5 Å². The molecule has 5 nitrogen and oxygen atoms in total. The minimum absolute atomic E-state index is 0.418. The Morgan fingerprint density at radius 1 is 0.968 bits per heavy atom. The number of aryl methyl sites for hydroxylation is 2. The molecule has 6 heteroatoms. The van der Waals surface area contributed by atoms with E-state index in [9.17, 15) is 0 Å². The molecule has 0 aliphatic carbocycles. The molecule has 0 saturated heterocycles. The fourth-order valence-corrected chi connectivity index (χ4v) is 3.12. The van der Waals surface area contributed by atoms with Gasteiger partial charge in [-0.05, 0) is 80.0 Å². The summed E-state index contributed by atoms with van der Waals surface area (Å²) in [5.74, 6) is 1.39. The van der Waals surface area contributed by atoms with E-state index < -0.39 is 0 Å². The second kappa shape index (κ2) is 11.1. The molecule has 0 heterocycles. The Bertz CT molecular complexity index is 1050. The van der Waals surface area contributed by atoms with Crippen LogP contribution in [0.3, 0.4) is 0 Å². The van der Waals surface area contributed by atoms with Crippen molar-refractivity contribution in [3.8, 4) is 11.5 Å². The summed E-state index contributed by atoms with van der Waals surface area (Å²) < 4.78 is 11.8. The number of para-hydroxylation sites is 1. The molecule has 0 radical (unpaired) electrons. The third-order valence-corrected chi connectivity index (χ3v) is 4.76. The zero-order chi connectivity index (χ0) is 22.1. The van der Waals surface area contributed by atoms with Crippen LogP contribution in [0.5, 0.6) is 11.5 Å². The van der Waals surface area contributed by atoms with E-state index in [1.54, 1.807) is 6.21 Å². The molecule has 3 aromatic rings. The van der Waals surface area contributed by atoms with Crippen molar-refractivity contribution in [2.75, 3.05) is 11.9 Å². The maximum Gasteiger partial charge on any atom is 0.191 e. The molecule has 0 aliphatic rings. The van der Waals surface area contributed by atoms with Crippen LogP contribution in [0.25, 0.3) is 0 Å². The molecule has 0 fully saturated rings. The van der Waals surface area contributed by atoms with Crippen molar-refractivity contribution in [2.24, 2.45) is 5.10 Å². The van der Waals surface area contributed by atoms with Crippen LogP contribution in [0.15, 0.2) is 71.8 Å². The number of nitrogens with zero attached hydrogens (tertiary/aromatic N) is 1. The van der Waals surface area contributed by atoms with Gasteiger partial charge in [0.05, 0.1) is 12.8 Å². The molecule has 0 atom stereocenters. The number of hydrogen-bond donors (Lipinski definition) is 2. The Hall–Kier alpha value is -3.38. The molecule has 3 rings (SSSR count). The summed E-state index contributed by atoms with van der Waals surface area (Å²) in [6.07, 6.45) is 1.69. The predicted molar refractivity (Wildman–Crippen MR) is 131 cm³/mol. The van der Waals surface area contributed by atoms with Crippen molar-refractivity contribution in [1.82, 2.24) is 5.43 Å². The van der Waals surface area contributed by atoms with Gasteiger partial charge in [0.2, 0.25) is 0 Å². The van der Waals surface area contributed by atoms with Gasteiger partial charge in [-0.25, -0.2) is 0 Å². The van der Waals surface area contributed by atoms with Gasteiger partial charge in [-0.3, -0.25) is 5.43 Å². The lowest BCUT2D eigenvalue weighted by Crippen LogP contribution is -2.23. The quantitative estimate of drug-likeness (QED) is 0.275. The first-order valence-electron chi connectivity index (χ1n) is 10.2. The first-order chi connectivity index (χ1) is 15.0. The molecule has 3 aromatic carbocycles. The van der Waals surface area contributed by atoms with Gasteiger partial charge in [-0.1, -0.05) is 42.0 Å². The van der Waals surface area contributed by atoms with Crippen LogP contribution in [0.2, 0.25) is 0 Å². The molecule has 0 unspecified atom stereocenters. The van der Waals surface area contributed by atoms with Gasteiger partial charge in [0.25, 0.3) is 0 Å². The lowest BCUT2D eigenvalue weighted by atomic mass is 10.1. The molecular weight excluding hydrogens is 406 g/mol. The average Bonchev–Trinajstić information content (AvgIpc) is 2.76. The minimum atomic E-state index is 0.418. The number of anilines is 1. The molecule has 2 N–H and O–H groups in total. The van der Waals surface area contributed by atoms with Gasteiger partial charge in [0, 0.05) is 5.69 Å². The molecule has 160 valence electrons. The van der Waals surface area contributed by atoms with Crippen molar-refractivity contribution in [3.05, 3.63) is 89.0 Å². The van der Waals surface area contributed by atoms with E-state index in [0.29, 0.717) is 29.8 Å². The summed E-state index contributed by atoms with van der Waals surface area (Å²) in [5.41, 5.74) is 8.18. The van der Waals surface area contributed by atoms with Crippen molar-refractivity contribution in [2.45, 2.75) is 27.4 Å². The number of benzene rings is 3. The van der Waals surface area contributed by atoms with Crippen LogP contribution >= 0.6 is 12.2 Å². The van der Waals surface area contributed by atoms with Crippen molar-refractivity contribution in [1.29, 1.82) is 0 Å². The Morgan fingerprint density at radius 2 is 1.77 bits per heavy atom. The second-order valence-electron chi connectivity index (χ2n) is 7.05. The van der Waals surface area contributed by atoms with Gasteiger partial charge in [0.1, 0.15) is 6.61 Å². The number of ether oxygens (including phenoxy) is 2. The standard InChI is InChI=1S/C25H27N3O2S/c1-4-29-24-15-20(16-26-28-25(31)27-22-8-6-5-7-9-22)12-13-23(24)30-17-21-14-18(2)10-11-19(21)3/h5-16H,4,17H2,1-3H3,(H2,27,28,31)/b26-16+. The van der Waals surface area contributed by atoms with E-state index in [1.165, 1.54) is 11.1 Å². The Balaban J connectivity index is 1.63. The lowest BCUT2D eigenvalue weighted by molar-refractivity contribution is 0.269. The SMILES string of the molecule is CCOc1cc(/C=N/NC(=S)Nc2ccccc2)ccc1OCc1cc(C)ccc1C. The van der Waals surface area contributed by atoms with Gasteiger partial charge in [-0.2, -0.15) is 5.10 Å². The van der Waals surface area contributed by atoms with E-state index in [0.717, 1.165) is 16.8 Å². The molecule has 31 heavy (non-hydrogen) atoms. The fourth-order valence-electron chi connectivity index (χ4n) is 2.95. The Labute approximate surface area is 189 Å². The van der Waals surface area contributed by atoms with Crippen LogP contribution in [0, 0.1) is 13.8 Å². The van der Waals surface area contributed by atoms with Crippen molar-refractivity contribution >= 4 is 29.2 Å². The Morgan fingerprint density at radius 3 is 2.55 bits per heavy atom. The molecule has 0 saturated carbocycles. The second-order valence-corrected chi connectivity index (χ2v) is 7.46. The van der Waals surface area contributed by atoms with Gasteiger partial charge < -0.3 is 14.8 Å². The smallest absolute Gasteiger partial charge is 0.191 e.